The van der Waals surface area contributed by atoms with E-state index in [1.165, 1.54) is 0 Å². The molecule has 1 aliphatic heterocycles. The highest BCUT2D eigenvalue weighted by atomic mass is 16.7. The number of carbonyl (C=O) groups is 1. The van der Waals surface area contributed by atoms with Gasteiger partial charge in [0.25, 0.3) is 0 Å². The van der Waals surface area contributed by atoms with Crippen molar-refractivity contribution < 1.29 is 9.63 Å². The molecule has 110 valence electrons. The molecule has 0 aromatic carbocycles. The first-order valence-corrected chi connectivity index (χ1v) is 7.14. The minimum absolute atomic E-state index is 0.176. The third-order valence-corrected chi connectivity index (χ3v) is 3.21. The van der Waals surface area contributed by atoms with E-state index in [1.54, 1.807) is 18.2 Å². The largest absolute Gasteiger partial charge is 0.382 e. The van der Waals surface area contributed by atoms with Crippen LogP contribution in [0.4, 0.5) is 11.5 Å². The van der Waals surface area contributed by atoms with Crippen molar-refractivity contribution in [1.29, 1.82) is 0 Å². The van der Waals surface area contributed by atoms with Crippen molar-refractivity contribution in [2.45, 2.75) is 20.3 Å². The Hall–Kier alpha value is -1.82. The Kier molecular flexibility index (Phi) is 5.17. The van der Waals surface area contributed by atoms with Crippen molar-refractivity contribution in [2.75, 3.05) is 42.9 Å². The third-order valence-electron chi connectivity index (χ3n) is 3.21. The highest BCUT2D eigenvalue weighted by Crippen LogP contribution is 2.23. The Bertz CT molecular complexity index is 445. The maximum absolute atomic E-state index is 11.3. The summed E-state index contributed by atoms with van der Waals surface area (Å²) in [6.45, 7) is 7.74. The van der Waals surface area contributed by atoms with E-state index in [-0.39, 0.29) is 5.97 Å². The molecule has 20 heavy (non-hydrogen) atoms. The number of piperazine rings is 1. The van der Waals surface area contributed by atoms with E-state index in [4.69, 9.17) is 4.84 Å². The maximum atomic E-state index is 11.3. The van der Waals surface area contributed by atoms with E-state index >= 15 is 0 Å². The average molecular weight is 278 g/mol. The molecule has 0 radical (unpaired) electrons. The van der Waals surface area contributed by atoms with Crippen LogP contribution in [-0.4, -0.2) is 48.7 Å². The van der Waals surface area contributed by atoms with Crippen LogP contribution in [0.3, 0.4) is 0 Å². The van der Waals surface area contributed by atoms with Gasteiger partial charge < -0.3 is 15.1 Å². The van der Waals surface area contributed by atoms with Crippen LogP contribution in [0.1, 0.15) is 20.3 Å². The molecular weight excluding hydrogens is 256 g/mol. The molecule has 0 unspecified atom stereocenters. The Balaban J connectivity index is 1.95. The van der Waals surface area contributed by atoms with Crippen molar-refractivity contribution in [3.63, 3.8) is 0 Å². The van der Waals surface area contributed by atoms with E-state index in [1.807, 2.05) is 12.1 Å². The Morgan fingerprint density at radius 2 is 2.10 bits per heavy atom. The van der Waals surface area contributed by atoms with Gasteiger partial charge in [0.15, 0.2) is 5.82 Å². The normalized spacial score (nSPS) is 16.0. The number of carbonyl (C=O) groups excluding carboxylic acids is 1. The van der Waals surface area contributed by atoms with Crippen molar-refractivity contribution in [2.24, 2.45) is 0 Å². The van der Waals surface area contributed by atoms with Crippen molar-refractivity contribution >= 4 is 17.5 Å². The van der Waals surface area contributed by atoms with Gasteiger partial charge in [-0.25, -0.2) is 4.98 Å². The van der Waals surface area contributed by atoms with Crippen LogP contribution < -0.4 is 10.2 Å². The minimum atomic E-state index is -0.176. The zero-order chi connectivity index (χ0) is 14.4. The topological polar surface area (TPSA) is 57.7 Å². The van der Waals surface area contributed by atoms with E-state index in [2.05, 4.69) is 22.1 Å². The Labute approximate surface area is 119 Å². The molecule has 1 fully saturated rings. The van der Waals surface area contributed by atoms with Crippen molar-refractivity contribution in [3.8, 4) is 0 Å². The van der Waals surface area contributed by atoms with Gasteiger partial charge in [-0.2, -0.15) is 0 Å². The van der Waals surface area contributed by atoms with E-state index in [9.17, 15) is 4.79 Å². The molecule has 0 aliphatic carbocycles. The molecule has 0 amide bonds. The first-order valence-electron chi connectivity index (χ1n) is 7.14. The van der Waals surface area contributed by atoms with Crippen LogP contribution in [0.25, 0.3) is 0 Å². The lowest BCUT2D eigenvalue weighted by atomic mass is 10.3. The lowest BCUT2D eigenvalue weighted by Crippen LogP contribution is -2.47. The van der Waals surface area contributed by atoms with Gasteiger partial charge in [-0.05, 0) is 19.1 Å². The molecule has 1 N–H and O–H groups in total. The summed E-state index contributed by atoms with van der Waals surface area (Å²) in [6.07, 6.45) is 2.21. The summed E-state index contributed by atoms with van der Waals surface area (Å²) < 4.78 is 0. The quantitative estimate of drug-likeness (QED) is 0.881. The predicted molar refractivity (Wildman–Crippen MR) is 78.6 cm³/mol. The average Bonchev–Trinajstić information content (AvgIpc) is 2.49. The number of hydrogen-bond donors (Lipinski definition) is 1. The number of hydroxylamine groups is 2. The van der Waals surface area contributed by atoms with Crippen LogP contribution in [-0.2, 0) is 9.63 Å². The van der Waals surface area contributed by atoms with Crippen LogP contribution in [0.15, 0.2) is 18.3 Å². The summed E-state index contributed by atoms with van der Waals surface area (Å²) in [5.41, 5.74) is 1.05. The lowest BCUT2D eigenvalue weighted by molar-refractivity contribution is -0.191. The monoisotopic (exact) mass is 278 g/mol. The van der Waals surface area contributed by atoms with E-state index < -0.39 is 0 Å². The smallest absolute Gasteiger partial charge is 0.324 e. The second-order valence-corrected chi connectivity index (χ2v) is 4.64. The molecule has 1 saturated heterocycles. The highest BCUT2D eigenvalue weighted by Gasteiger charge is 2.22. The molecule has 0 atom stereocenters. The zero-order valence-corrected chi connectivity index (χ0v) is 12.1. The number of nitrogens with one attached hydrogen (secondary N) is 1. The fraction of sp³-hybridized carbons (Fsp3) is 0.571. The number of anilines is 2. The van der Waals surface area contributed by atoms with Gasteiger partial charge in [0.2, 0.25) is 0 Å². The van der Waals surface area contributed by atoms with Gasteiger partial charge >= 0.3 is 5.97 Å². The summed E-state index contributed by atoms with van der Waals surface area (Å²) in [5, 5.41) is 5.06. The van der Waals surface area contributed by atoms with E-state index in [0.29, 0.717) is 19.5 Å². The summed E-state index contributed by atoms with van der Waals surface area (Å²) in [5.74, 6) is 0.792. The second kappa shape index (κ2) is 7.09. The van der Waals surface area contributed by atoms with E-state index in [0.717, 1.165) is 31.1 Å². The van der Waals surface area contributed by atoms with Crippen LogP contribution >= 0.6 is 0 Å². The van der Waals surface area contributed by atoms with Gasteiger partial charge in [-0.3, -0.25) is 4.79 Å². The number of nitrogens with zero attached hydrogens (tertiary/aromatic N) is 3. The SMILES string of the molecule is CCNc1cccnc1N1CCN(OC(=O)CC)CC1. The van der Waals surface area contributed by atoms with Crippen LogP contribution in [0, 0.1) is 0 Å². The molecule has 0 spiro atoms. The standard InChI is InChI=1S/C14H22N4O2/c1-3-13(19)20-18-10-8-17(9-11-18)14-12(15-4-2)6-5-7-16-14/h5-7,15H,3-4,8-11H2,1-2H3. The van der Waals surface area contributed by atoms with Crippen LogP contribution in [0.5, 0.6) is 0 Å². The summed E-state index contributed by atoms with van der Waals surface area (Å²) >= 11 is 0. The molecule has 2 rings (SSSR count). The number of pyridine rings is 1. The predicted octanol–water partition coefficient (Wildman–Crippen LogP) is 1.50. The second-order valence-electron chi connectivity index (χ2n) is 4.64. The fourth-order valence-corrected chi connectivity index (χ4v) is 2.18. The Morgan fingerprint density at radius 3 is 2.75 bits per heavy atom. The molecule has 1 aliphatic rings. The molecule has 6 heteroatoms. The fourth-order valence-electron chi connectivity index (χ4n) is 2.18. The maximum Gasteiger partial charge on any atom is 0.324 e. The van der Waals surface area contributed by atoms with Gasteiger partial charge in [0.1, 0.15) is 0 Å². The van der Waals surface area contributed by atoms with Gasteiger partial charge in [-0.15, -0.1) is 5.06 Å². The molecular formula is C14H22N4O2. The van der Waals surface area contributed by atoms with Crippen molar-refractivity contribution in [3.05, 3.63) is 18.3 Å². The molecule has 1 aromatic heterocycles. The highest BCUT2D eigenvalue weighted by molar-refractivity contribution is 5.68. The van der Waals surface area contributed by atoms with Gasteiger partial charge in [0, 0.05) is 32.3 Å². The number of hydrogen-bond acceptors (Lipinski definition) is 6. The molecule has 6 nitrogen and oxygen atoms in total. The first kappa shape index (κ1) is 14.6. The Morgan fingerprint density at radius 1 is 1.35 bits per heavy atom. The lowest BCUT2D eigenvalue weighted by Gasteiger charge is -2.34. The number of rotatable bonds is 5. The molecule has 0 bridgehead atoms. The zero-order valence-electron chi connectivity index (χ0n) is 12.1. The van der Waals surface area contributed by atoms with Gasteiger partial charge in [0.05, 0.1) is 18.8 Å². The third kappa shape index (κ3) is 3.60. The minimum Gasteiger partial charge on any atom is -0.382 e. The summed E-state index contributed by atoms with van der Waals surface area (Å²) in [6, 6.07) is 3.97. The van der Waals surface area contributed by atoms with Gasteiger partial charge in [-0.1, -0.05) is 6.92 Å². The molecule has 2 heterocycles. The number of aromatic nitrogens is 1. The first-order chi connectivity index (χ1) is 9.74. The van der Waals surface area contributed by atoms with Crippen molar-refractivity contribution in [1.82, 2.24) is 10.0 Å². The molecule has 0 saturated carbocycles. The molecule has 1 aromatic rings. The summed E-state index contributed by atoms with van der Waals surface area (Å²) in [7, 11) is 0. The summed E-state index contributed by atoms with van der Waals surface area (Å²) in [4.78, 5) is 23.2. The van der Waals surface area contributed by atoms with Crippen LogP contribution in [0.2, 0.25) is 0 Å².